The molecule has 0 saturated carbocycles. The number of hydrogen-bond donors (Lipinski definition) is 1. The third-order valence-corrected chi connectivity index (χ3v) is 3.35. The van der Waals surface area contributed by atoms with Crippen molar-refractivity contribution in [2.24, 2.45) is 14.1 Å². The molecule has 118 valence electrons. The molecule has 0 aliphatic heterocycles. The van der Waals surface area contributed by atoms with Crippen LogP contribution in [-0.4, -0.2) is 19.1 Å². The minimum Gasteiger partial charge on any atom is -0.332 e. The lowest BCUT2D eigenvalue weighted by molar-refractivity contribution is 0.708. The molecule has 6 heteroatoms. The van der Waals surface area contributed by atoms with Crippen LogP contribution in [0.5, 0.6) is 0 Å². The van der Waals surface area contributed by atoms with Crippen molar-refractivity contribution in [1.29, 1.82) is 0 Å². The van der Waals surface area contributed by atoms with Gasteiger partial charge < -0.3 is 4.98 Å². The van der Waals surface area contributed by atoms with Gasteiger partial charge in [-0.05, 0) is 6.42 Å². The third kappa shape index (κ3) is 2.59. The number of nitrogens with one attached hydrogen (secondary N) is 1. The van der Waals surface area contributed by atoms with Crippen LogP contribution in [0.1, 0.15) is 27.5 Å². The highest BCUT2D eigenvalue weighted by atomic mass is 16.2. The van der Waals surface area contributed by atoms with Gasteiger partial charge in [-0.25, -0.2) is 9.78 Å². The number of aryl methyl sites for hydroxylation is 1. The lowest BCUT2D eigenvalue weighted by Gasteiger charge is -2.00. The quantitative estimate of drug-likeness (QED) is 0.877. The number of nitrogens with zero attached hydrogens (tertiary/aromatic N) is 3. The first kappa shape index (κ1) is 15.8. The molecule has 0 radical (unpaired) electrons. The Balaban J connectivity index is 0.000000849. The van der Waals surface area contributed by atoms with E-state index in [1.165, 1.54) is 11.6 Å². The summed E-state index contributed by atoms with van der Waals surface area (Å²) in [5.41, 5.74) is 0.841. The summed E-state index contributed by atoms with van der Waals surface area (Å²) in [6.07, 6.45) is 10.7. The van der Waals surface area contributed by atoms with Gasteiger partial charge in [0.2, 0.25) is 0 Å². The summed E-state index contributed by atoms with van der Waals surface area (Å²) in [4.78, 5) is 31.4. The van der Waals surface area contributed by atoms with Gasteiger partial charge in [-0.2, -0.15) is 0 Å². The Hall–Kier alpha value is -2.63. The number of imidazole rings is 1. The van der Waals surface area contributed by atoms with E-state index in [4.69, 9.17) is 0 Å². The van der Waals surface area contributed by atoms with Crippen LogP contribution in [0.3, 0.4) is 0 Å². The second-order valence-corrected chi connectivity index (χ2v) is 4.68. The summed E-state index contributed by atoms with van der Waals surface area (Å²) in [5, 5.41) is 0. The van der Waals surface area contributed by atoms with Gasteiger partial charge in [0.25, 0.3) is 5.56 Å². The summed E-state index contributed by atoms with van der Waals surface area (Å²) in [5.74, 6) is 0.584. The first-order valence-electron chi connectivity index (χ1n) is 7.29. The molecule has 1 aliphatic carbocycles. The molecular formula is C16H22N4O2. The fourth-order valence-electron chi connectivity index (χ4n) is 2.20. The molecule has 0 amide bonds. The van der Waals surface area contributed by atoms with E-state index in [-0.39, 0.29) is 12.7 Å². The number of aromatic amines is 1. The predicted molar refractivity (Wildman–Crippen MR) is 90.9 cm³/mol. The standard InChI is InChI=1S/C14H14N4O2.C2H6.H2/c1-17-12-10(13(19)18(2)14(17)20)15-11(16-12)9-7-5-3-4-6-8-9;1-2;/h3,5-8H,4H2,1-2H3,(H,15,16);1-2H3;1H. The van der Waals surface area contributed by atoms with Gasteiger partial charge in [-0.15, -0.1) is 0 Å². The highest BCUT2D eigenvalue weighted by Crippen LogP contribution is 2.17. The topological polar surface area (TPSA) is 72.7 Å². The fourth-order valence-corrected chi connectivity index (χ4v) is 2.20. The molecule has 0 bridgehead atoms. The molecular weight excluding hydrogens is 280 g/mol. The zero-order valence-electron chi connectivity index (χ0n) is 13.3. The smallest absolute Gasteiger partial charge is 0.332 e. The molecule has 0 atom stereocenters. The van der Waals surface area contributed by atoms with Crippen molar-refractivity contribution in [3.05, 3.63) is 57.0 Å². The Morgan fingerprint density at radius 1 is 1.18 bits per heavy atom. The van der Waals surface area contributed by atoms with Gasteiger partial charge in [0, 0.05) is 21.1 Å². The Kier molecular flexibility index (Phi) is 4.60. The van der Waals surface area contributed by atoms with E-state index in [2.05, 4.69) is 9.97 Å². The summed E-state index contributed by atoms with van der Waals surface area (Å²) < 4.78 is 2.44. The van der Waals surface area contributed by atoms with Crippen molar-refractivity contribution >= 4 is 16.7 Å². The van der Waals surface area contributed by atoms with Crippen molar-refractivity contribution in [2.45, 2.75) is 20.3 Å². The van der Waals surface area contributed by atoms with Crippen molar-refractivity contribution in [2.75, 3.05) is 0 Å². The average molecular weight is 302 g/mol. The lowest BCUT2D eigenvalue weighted by Crippen LogP contribution is -2.36. The normalized spacial score (nSPS) is 13.5. The zero-order valence-corrected chi connectivity index (χ0v) is 13.3. The molecule has 2 heterocycles. The monoisotopic (exact) mass is 302 g/mol. The van der Waals surface area contributed by atoms with Crippen LogP contribution in [0.15, 0.2) is 40.0 Å². The van der Waals surface area contributed by atoms with Crippen LogP contribution in [0.25, 0.3) is 16.7 Å². The van der Waals surface area contributed by atoms with Crippen molar-refractivity contribution in [3.8, 4) is 0 Å². The van der Waals surface area contributed by atoms with Crippen LogP contribution < -0.4 is 11.2 Å². The first-order chi connectivity index (χ1) is 10.6. The van der Waals surface area contributed by atoms with Crippen LogP contribution >= 0.6 is 0 Å². The van der Waals surface area contributed by atoms with Crippen molar-refractivity contribution in [3.63, 3.8) is 0 Å². The van der Waals surface area contributed by atoms with Crippen LogP contribution in [0.2, 0.25) is 0 Å². The summed E-state index contributed by atoms with van der Waals surface area (Å²) in [6, 6.07) is 0. The Labute approximate surface area is 129 Å². The molecule has 2 aromatic rings. The van der Waals surface area contributed by atoms with E-state index in [0.717, 1.165) is 16.6 Å². The van der Waals surface area contributed by atoms with Gasteiger partial charge in [0.1, 0.15) is 11.3 Å². The maximum absolute atomic E-state index is 12.1. The first-order valence-corrected chi connectivity index (χ1v) is 7.29. The van der Waals surface area contributed by atoms with E-state index in [9.17, 15) is 9.59 Å². The molecule has 0 spiro atoms. The van der Waals surface area contributed by atoms with E-state index >= 15 is 0 Å². The number of fused-ring (bicyclic) bond motifs is 1. The van der Waals surface area contributed by atoms with Crippen LogP contribution in [0, 0.1) is 0 Å². The SMILES string of the molecule is CC.Cn1c(=O)c2[nH]c(C3=CC=CCC=C3)nc2n(C)c1=O.[HH]. The Morgan fingerprint density at radius 2 is 1.91 bits per heavy atom. The largest absolute Gasteiger partial charge is 0.332 e. The Morgan fingerprint density at radius 3 is 2.64 bits per heavy atom. The zero-order chi connectivity index (χ0) is 16.3. The van der Waals surface area contributed by atoms with Gasteiger partial charge in [0.05, 0.1) is 0 Å². The molecule has 1 aliphatic rings. The number of rotatable bonds is 1. The minimum absolute atomic E-state index is 0. The molecule has 2 aromatic heterocycles. The highest BCUT2D eigenvalue weighted by Gasteiger charge is 2.14. The number of H-pyrrole nitrogens is 1. The van der Waals surface area contributed by atoms with Crippen molar-refractivity contribution < 1.29 is 1.43 Å². The Bertz CT molecular complexity index is 897. The highest BCUT2D eigenvalue weighted by molar-refractivity contribution is 5.79. The molecule has 22 heavy (non-hydrogen) atoms. The van der Waals surface area contributed by atoms with Crippen LogP contribution in [-0.2, 0) is 14.1 Å². The number of allylic oxidation sites excluding steroid dienone is 6. The third-order valence-electron chi connectivity index (χ3n) is 3.35. The predicted octanol–water partition coefficient (Wildman–Crippen LogP) is 2.13. The molecule has 6 nitrogen and oxygen atoms in total. The number of hydrogen-bond acceptors (Lipinski definition) is 3. The maximum Gasteiger partial charge on any atom is 0.332 e. The molecule has 0 aromatic carbocycles. The van der Waals surface area contributed by atoms with E-state index in [1.807, 2.05) is 44.2 Å². The van der Waals surface area contributed by atoms with E-state index in [0.29, 0.717) is 17.0 Å². The molecule has 0 unspecified atom stereocenters. The van der Waals surface area contributed by atoms with Crippen molar-refractivity contribution in [1.82, 2.24) is 19.1 Å². The minimum atomic E-state index is -0.383. The number of aromatic nitrogens is 4. The molecule has 3 rings (SSSR count). The van der Waals surface area contributed by atoms with E-state index < -0.39 is 0 Å². The molecule has 0 saturated heterocycles. The van der Waals surface area contributed by atoms with Crippen LogP contribution in [0.4, 0.5) is 0 Å². The second kappa shape index (κ2) is 6.43. The van der Waals surface area contributed by atoms with Gasteiger partial charge in [-0.3, -0.25) is 13.9 Å². The van der Waals surface area contributed by atoms with E-state index in [1.54, 1.807) is 7.05 Å². The summed E-state index contributed by atoms with van der Waals surface area (Å²) in [6.45, 7) is 4.00. The van der Waals surface area contributed by atoms with Gasteiger partial charge >= 0.3 is 5.69 Å². The molecule has 0 fully saturated rings. The average Bonchev–Trinajstić information content (AvgIpc) is 2.81. The maximum atomic E-state index is 12.1. The van der Waals surface area contributed by atoms with Gasteiger partial charge in [-0.1, -0.05) is 44.2 Å². The summed E-state index contributed by atoms with van der Waals surface area (Å²) in [7, 11) is 3.06. The second-order valence-electron chi connectivity index (χ2n) is 4.68. The molecule has 1 N–H and O–H groups in total. The fraction of sp³-hybridized carbons (Fsp3) is 0.312. The van der Waals surface area contributed by atoms with Gasteiger partial charge in [0.15, 0.2) is 5.65 Å². The summed E-state index contributed by atoms with van der Waals surface area (Å²) >= 11 is 0. The lowest BCUT2D eigenvalue weighted by atomic mass is 10.2.